The van der Waals surface area contributed by atoms with Crippen molar-refractivity contribution < 1.29 is 29.7 Å². The molecule has 0 fully saturated rings. The lowest BCUT2D eigenvalue weighted by molar-refractivity contribution is -0.137. The first kappa shape index (κ1) is 15.5. The number of aromatic carboxylic acids is 1. The van der Waals surface area contributed by atoms with Gasteiger partial charge in [0.05, 0.1) is 24.4 Å². The maximum atomic E-state index is 12.0. The van der Waals surface area contributed by atoms with E-state index in [2.05, 4.69) is 5.32 Å². The number of carboxylic acid groups (broad SMARTS) is 1. The van der Waals surface area contributed by atoms with Gasteiger partial charge in [0.1, 0.15) is 11.4 Å². The highest BCUT2D eigenvalue weighted by atomic mass is 16.4. The Morgan fingerprint density at radius 3 is 2.59 bits per heavy atom. The summed E-state index contributed by atoms with van der Waals surface area (Å²) in [6.07, 6.45) is 1.03. The normalized spacial score (nSPS) is 14.3. The monoisotopic (exact) mass is 306 g/mol. The molecule has 4 N–H and O–H groups in total. The number of carbonyl (C=O) groups excluding carboxylic acids is 2. The number of hydrogen-bond acceptors (Lipinski definition) is 6. The van der Waals surface area contributed by atoms with Crippen molar-refractivity contribution in [3.05, 3.63) is 35.0 Å². The number of aromatic hydroxyl groups is 1. The minimum atomic E-state index is -1.29. The molecule has 8 nitrogen and oxygen atoms in total. The lowest BCUT2D eigenvalue weighted by atomic mass is 10.1. The number of benzene rings is 1. The number of carbonyl (C=O) groups is 3. The molecule has 0 saturated heterocycles. The SMILES string of the molecule is Cc1cc(NC2=CC(=O)N(CCO)C2=O)c(C(=O)O)cc1O. The number of phenolic OH excluding ortho intramolecular Hbond substituents is 1. The van der Waals surface area contributed by atoms with Crippen molar-refractivity contribution in [2.24, 2.45) is 0 Å². The van der Waals surface area contributed by atoms with Crippen molar-refractivity contribution in [1.82, 2.24) is 4.90 Å². The number of carboxylic acids is 1. The molecule has 1 aromatic carbocycles. The number of hydrogen-bond donors (Lipinski definition) is 4. The van der Waals surface area contributed by atoms with E-state index in [1.54, 1.807) is 6.92 Å². The minimum absolute atomic E-state index is 0.0843. The number of rotatable bonds is 5. The van der Waals surface area contributed by atoms with Crippen LogP contribution in [0.1, 0.15) is 15.9 Å². The predicted octanol–water partition coefficient (Wildman–Crippen LogP) is 0.0557. The lowest BCUT2D eigenvalue weighted by Crippen LogP contribution is -2.34. The van der Waals surface area contributed by atoms with Crippen molar-refractivity contribution in [1.29, 1.82) is 0 Å². The van der Waals surface area contributed by atoms with E-state index in [-0.39, 0.29) is 35.8 Å². The maximum absolute atomic E-state index is 12.0. The fraction of sp³-hybridized carbons (Fsp3) is 0.214. The summed E-state index contributed by atoms with van der Waals surface area (Å²) in [6.45, 7) is 1.07. The zero-order valence-electron chi connectivity index (χ0n) is 11.7. The van der Waals surface area contributed by atoms with E-state index in [9.17, 15) is 19.5 Å². The van der Waals surface area contributed by atoms with Crippen LogP contribution in [0.25, 0.3) is 0 Å². The number of aryl methyl sites for hydroxylation is 1. The highest BCUT2D eigenvalue weighted by Gasteiger charge is 2.31. The van der Waals surface area contributed by atoms with Crippen LogP contribution in [-0.2, 0) is 9.59 Å². The molecule has 1 heterocycles. The third kappa shape index (κ3) is 2.77. The molecule has 0 radical (unpaired) electrons. The molecule has 0 aliphatic carbocycles. The van der Waals surface area contributed by atoms with E-state index < -0.39 is 17.8 Å². The van der Waals surface area contributed by atoms with Crippen LogP contribution >= 0.6 is 0 Å². The van der Waals surface area contributed by atoms with Gasteiger partial charge in [0.2, 0.25) is 0 Å². The Labute approximate surface area is 125 Å². The van der Waals surface area contributed by atoms with E-state index in [1.807, 2.05) is 0 Å². The molecular formula is C14H14N2O6. The number of phenols is 1. The molecule has 0 aromatic heterocycles. The molecule has 0 spiro atoms. The van der Waals surface area contributed by atoms with Crippen LogP contribution in [0.2, 0.25) is 0 Å². The summed E-state index contributed by atoms with van der Waals surface area (Å²) in [7, 11) is 0. The Morgan fingerprint density at radius 1 is 1.32 bits per heavy atom. The van der Waals surface area contributed by atoms with Crippen molar-refractivity contribution in [2.45, 2.75) is 6.92 Å². The van der Waals surface area contributed by atoms with Gasteiger partial charge >= 0.3 is 5.97 Å². The van der Waals surface area contributed by atoms with Gasteiger partial charge in [-0.1, -0.05) is 0 Å². The standard InChI is InChI=1S/C14H14N2O6/c1-7-4-9(8(14(21)22)5-11(7)18)15-10-6-12(19)16(2-3-17)13(10)20/h4-6,15,17-18H,2-3H2,1H3,(H,21,22). The van der Waals surface area contributed by atoms with Gasteiger partial charge in [-0.25, -0.2) is 4.79 Å². The smallest absolute Gasteiger partial charge is 0.337 e. The highest BCUT2D eigenvalue weighted by Crippen LogP contribution is 2.28. The van der Waals surface area contributed by atoms with Crippen molar-refractivity contribution in [2.75, 3.05) is 18.5 Å². The average Bonchev–Trinajstić information content (AvgIpc) is 2.70. The molecule has 0 atom stereocenters. The number of amides is 2. The van der Waals surface area contributed by atoms with Crippen LogP contribution < -0.4 is 5.32 Å². The first-order chi connectivity index (χ1) is 10.3. The summed E-state index contributed by atoms with van der Waals surface area (Å²) in [6, 6.07) is 2.43. The van der Waals surface area contributed by atoms with Gasteiger partial charge in [0.25, 0.3) is 11.8 Å². The fourth-order valence-electron chi connectivity index (χ4n) is 2.03. The second-order valence-corrected chi connectivity index (χ2v) is 4.69. The van der Waals surface area contributed by atoms with Crippen molar-refractivity contribution in [3.63, 3.8) is 0 Å². The first-order valence-corrected chi connectivity index (χ1v) is 6.37. The Bertz CT molecular complexity index is 695. The summed E-state index contributed by atoms with van der Waals surface area (Å²) < 4.78 is 0. The quantitative estimate of drug-likeness (QED) is 0.447. The van der Waals surface area contributed by atoms with Gasteiger partial charge in [0.15, 0.2) is 0 Å². The third-order valence-electron chi connectivity index (χ3n) is 3.17. The van der Waals surface area contributed by atoms with Gasteiger partial charge in [0, 0.05) is 6.08 Å². The molecule has 0 unspecified atom stereocenters. The van der Waals surface area contributed by atoms with E-state index in [1.165, 1.54) is 6.07 Å². The molecule has 1 aliphatic rings. The van der Waals surface area contributed by atoms with E-state index in [0.717, 1.165) is 17.0 Å². The van der Waals surface area contributed by atoms with E-state index >= 15 is 0 Å². The Morgan fingerprint density at radius 2 is 2.00 bits per heavy atom. The predicted molar refractivity (Wildman–Crippen MR) is 75.3 cm³/mol. The van der Waals surface area contributed by atoms with E-state index in [0.29, 0.717) is 5.56 Å². The topological polar surface area (TPSA) is 127 Å². The molecule has 1 aromatic rings. The number of imide groups is 1. The Hall–Kier alpha value is -2.87. The number of aliphatic hydroxyl groups excluding tert-OH is 1. The van der Waals surface area contributed by atoms with Crippen LogP contribution in [0.5, 0.6) is 5.75 Å². The fourth-order valence-corrected chi connectivity index (χ4v) is 2.03. The zero-order chi connectivity index (χ0) is 16.4. The Balaban J connectivity index is 2.34. The van der Waals surface area contributed by atoms with Crippen LogP contribution in [0.15, 0.2) is 23.9 Å². The van der Waals surface area contributed by atoms with Crippen LogP contribution in [0.3, 0.4) is 0 Å². The van der Waals surface area contributed by atoms with Crippen molar-refractivity contribution in [3.8, 4) is 5.75 Å². The summed E-state index contributed by atoms with van der Waals surface area (Å²) in [4.78, 5) is 35.7. The minimum Gasteiger partial charge on any atom is -0.508 e. The summed E-state index contributed by atoms with van der Waals surface area (Å²) in [5, 5.41) is 30.2. The number of nitrogens with one attached hydrogen (secondary N) is 1. The van der Waals surface area contributed by atoms with Crippen LogP contribution in [0, 0.1) is 6.92 Å². The van der Waals surface area contributed by atoms with Gasteiger partial charge in [-0.3, -0.25) is 14.5 Å². The van der Waals surface area contributed by atoms with Gasteiger partial charge < -0.3 is 20.6 Å². The molecular weight excluding hydrogens is 292 g/mol. The second-order valence-electron chi connectivity index (χ2n) is 4.69. The summed E-state index contributed by atoms with van der Waals surface area (Å²) in [5.74, 6) is -2.72. The number of nitrogens with zero attached hydrogens (tertiary/aromatic N) is 1. The number of anilines is 1. The molecule has 0 bridgehead atoms. The summed E-state index contributed by atoms with van der Waals surface area (Å²) >= 11 is 0. The second kappa shape index (κ2) is 5.86. The largest absolute Gasteiger partial charge is 0.508 e. The van der Waals surface area contributed by atoms with Crippen LogP contribution in [-0.4, -0.2) is 51.2 Å². The number of β-amino-alcohol motifs (C(OH)–C–C–N with tert-alkyl or cyclic N) is 1. The highest BCUT2D eigenvalue weighted by molar-refractivity contribution is 6.17. The first-order valence-electron chi connectivity index (χ1n) is 6.37. The number of aliphatic hydroxyl groups is 1. The molecule has 22 heavy (non-hydrogen) atoms. The Kier molecular flexibility index (Phi) is 4.13. The lowest BCUT2D eigenvalue weighted by Gasteiger charge is -2.15. The van der Waals surface area contributed by atoms with Crippen LogP contribution in [0.4, 0.5) is 5.69 Å². The molecule has 116 valence electrons. The summed E-state index contributed by atoms with van der Waals surface area (Å²) in [5.41, 5.74) is 0.175. The van der Waals surface area contributed by atoms with Gasteiger partial charge in [-0.05, 0) is 24.6 Å². The van der Waals surface area contributed by atoms with Gasteiger partial charge in [-0.15, -0.1) is 0 Å². The molecule has 0 saturated carbocycles. The average molecular weight is 306 g/mol. The maximum Gasteiger partial charge on any atom is 0.337 e. The molecule has 8 heteroatoms. The molecule has 1 aliphatic heterocycles. The third-order valence-corrected chi connectivity index (χ3v) is 3.17. The molecule has 2 rings (SSSR count). The van der Waals surface area contributed by atoms with Crippen molar-refractivity contribution >= 4 is 23.5 Å². The zero-order valence-corrected chi connectivity index (χ0v) is 11.7. The van der Waals surface area contributed by atoms with Gasteiger partial charge in [-0.2, -0.15) is 0 Å². The van der Waals surface area contributed by atoms with E-state index in [4.69, 9.17) is 10.2 Å². The molecule has 2 amide bonds.